The van der Waals surface area contributed by atoms with Crippen LogP contribution in [0.5, 0.6) is 5.75 Å². The summed E-state index contributed by atoms with van der Waals surface area (Å²) in [6.07, 6.45) is 6.71. The van der Waals surface area contributed by atoms with E-state index in [4.69, 9.17) is 9.47 Å². The highest BCUT2D eigenvalue weighted by molar-refractivity contribution is 5.94. The van der Waals surface area contributed by atoms with Gasteiger partial charge >= 0.3 is 0 Å². The van der Waals surface area contributed by atoms with Crippen molar-refractivity contribution in [2.75, 3.05) is 47.0 Å². The minimum atomic E-state index is -1.33. The Balaban J connectivity index is 1.49. The van der Waals surface area contributed by atoms with Crippen LogP contribution in [0, 0.1) is 16.7 Å². The van der Waals surface area contributed by atoms with Gasteiger partial charge < -0.3 is 14.4 Å². The van der Waals surface area contributed by atoms with Crippen molar-refractivity contribution in [2.45, 2.75) is 44.6 Å². The van der Waals surface area contributed by atoms with E-state index in [1.54, 1.807) is 14.2 Å². The number of hydrogen-bond donors (Lipinski definition) is 0. The van der Waals surface area contributed by atoms with Gasteiger partial charge in [-0.2, -0.15) is 5.26 Å². The highest BCUT2D eigenvalue weighted by Crippen LogP contribution is 2.40. The molecule has 1 unspecified atom stereocenters. The highest BCUT2D eigenvalue weighted by Gasteiger charge is 2.44. The van der Waals surface area contributed by atoms with Gasteiger partial charge in [0.15, 0.2) is 5.41 Å². The summed E-state index contributed by atoms with van der Waals surface area (Å²) < 4.78 is 11.3. The Hall–Kier alpha value is -3.40. The molecule has 0 bridgehead atoms. The molecule has 1 saturated carbocycles. The summed E-state index contributed by atoms with van der Waals surface area (Å²) in [4.78, 5) is 18.7. The first-order valence-electron chi connectivity index (χ1n) is 14.2. The molecule has 0 N–H and O–H groups in total. The molecule has 1 saturated heterocycles. The summed E-state index contributed by atoms with van der Waals surface area (Å²) in [6.45, 7) is 3.08. The molecular weight excluding hydrogens is 486 g/mol. The molecule has 1 amide bonds. The van der Waals surface area contributed by atoms with Crippen molar-refractivity contribution in [1.29, 1.82) is 5.26 Å². The number of rotatable bonds is 8. The molecule has 1 heterocycles. The largest absolute Gasteiger partial charge is 0.496 e. The number of carbonyl (C=O) groups is 1. The number of fused-ring (bicyclic) bond motifs is 1. The maximum Gasteiger partial charge on any atom is 0.245 e. The summed E-state index contributed by atoms with van der Waals surface area (Å²) in [5.74, 6) is 0.627. The number of carbonyl (C=O) groups excluding carboxylic acids is 1. The molecule has 2 aliphatic rings. The van der Waals surface area contributed by atoms with Crippen molar-refractivity contribution >= 4 is 16.7 Å². The van der Waals surface area contributed by atoms with E-state index in [1.165, 1.54) is 32.1 Å². The second kappa shape index (κ2) is 12.2. The lowest BCUT2D eigenvalue weighted by molar-refractivity contribution is -0.143. The van der Waals surface area contributed by atoms with Crippen LogP contribution in [0.4, 0.5) is 0 Å². The Bertz CT molecular complexity index is 1340. The average Bonchev–Trinajstić information content (AvgIpc) is 3.01. The minimum absolute atomic E-state index is 0.0414. The first-order valence-corrected chi connectivity index (χ1v) is 14.2. The molecule has 3 aromatic rings. The predicted octanol–water partition coefficient (Wildman–Crippen LogP) is 5.69. The number of benzene rings is 3. The van der Waals surface area contributed by atoms with E-state index in [0.717, 1.165) is 46.3 Å². The number of piperazine rings is 1. The molecule has 0 spiro atoms. The first-order chi connectivity index (χ1) is 19.1. The molecule has 204 valence electrons. The van der Waals surface area contributed by atoms with Crippen LogP contribution in [-0.2, 0) is 16.0 Å². The van der Waals surface area contributed by atoms with Crippen molar-refractivity contribution in [2.24, 2.45) is 5.41 Å². The maximum atomic E-state index is 14.2. The van der Waals surface area contributed by atoms with Crippen molar-refractivity contribution < 1.29 is 14.3 Å². The Morgan fingerprint density at radius 3 is 2.36 bits per heavy atom. The van der Waals surface area contributed by atoms with E-state index < -0.39 is 5.41 Å². The first kappa shape index (κ1) is 27.2. The van der Waals surface area contributed by atoms with E-state index in [0.29, 0.717) is 19.1 Å². The van der Waals surface area contributed by atoms with Gasteiger partial charge in [-0.25, -0.2) is 0 Å². The summed E-state index contributed by atoms with van der Waals surface area (Å²) >= 11 is 0. The second-order valence-corrected chi connectivity index (χ2v) is 10.9. The molecular formula is C33H39N3O3. The van der Waals surface area contributed by atoms with Crippen LogP contribution < -0.4 is 4.74 Å². The monoisotopic (exact) mass is 525 g/mol. The van der Waals surface area contributed by atoms with Crippen molar-refractivity contribution in [3.8, 4) is 22.9 Å². The lowest BCUT2D eigenvalue weighted by Crippen LogP contribution is -2.56. The number of nitriles is 1. The number of amides is 1. The van der Waals surface area contributed by atoms with Crippen molar-refractivity contribution in [1.82, 2.24) is 9.80 Å². The van der Waals surface area contributed by atoms with E-state index in [2.05, 4.69) is 35.2 Å². The number of nitrogens with zero attached hydrogens (tertiary/aromatic N) is 3. The molecule has 0 aromatic heterocycles. The average molecular weight is 526 g/mol. The van der Waals surface area contributed by atoms with Gasteiger partial charge in [0.1, 0.15) is 5.75 Å². The number of para-hydroxylation sites is 1. The molecule has 0 radical (unpaired) electrons. The van der Waals surface area contributed by atoms with Gasteiger partial charge in [-0.3, -0.25) is 9.69 Å². The SMILES string of the molecule is COCC(C#N)(Cc1c(-c2ccccc2OC)ccc2ccccc12)C(=O)N1CCN(C2CCCCC2)CC1. The third-order valence-electron chi connectivity index (χ3n) is 8.62. The standard InChI is InChI=1S/C33H39N3O3/c1-38-24-33(23-34,32(37)36-20-18-35(19-21-36)26-11-4-3-5-12-26)22-30-27-13-7-6-10-25(27)16-17-28(30)29-14-8-9-15-31(29)39-2/h6-10,13-17,26H,3-5,11-12,18-22,24H2,1-2H3. The summed E-state index contributed by atoms with van der Waals surface area (Å²) in [7, 11) is 3.24. The molecule has 39 heavy (non-hydrogen) atoms. The Kier molecular flexibility index (Phi) is 8.50. The molecule has 6 nitrogen and oxygen atoms in total. The van der Waals surface area contributed by atoms with Crippen LogP contribution in [0.15, 0.2) is 60.7 Å². The normalized spacial score (nSPS) is 18.4. The lowest BCUT2D eigenvalue weighted by Gasteiger charge is -2.42. The topological polar surface area (TPSA) is 65.8 Å². The van der Waals surface area contributed by atoms with Crippen molar-refractivity contribution in [3.05, 3.63) is 66.2 Å². The van der Waals surface area contributed by atoms with E-state index in [1.807, 2.05) is 41.3 Å². The van der Waals surface area contributed by atoms with Gasteiger partial charge in [-0.05, 0) is 40.8 Å². The molecule has 5 rings (SSSR count). The number of ether oxygens (including phenoxy) is 2. The minimum Gasteiger partial charge on any atom is -0.496 e. The van der Waals surface area contributed by atoms with E-state index >= 15 is 0 Å². The van der Waals surface area contributed by atoms with Crippen LogP contribution in [0.25, 0.3) is 21.9 Å². The maximum absolute atomic E-state index is 14.2. The van der Waals surface area contributed by atoms with E-state index in [-0.39, 0.29) is 18.9 Å². The Labute approximate surface area is 232 Å². The molecule has 2 fully saturated rings. The molecule has 3 aromatic carbocycles. The molecule has 1 atom stereocenters. The number of methoxy groups -OCH3 is 2. The van der Waals surface area contributed by atoms with Gasteiger partial charge in [0.05, 0.1) is 19.8 Å². The zero-order valence-corrected chi connectivity index (χ0v) is 23.2. The fourth-order valence-electron chi connectivity index (χ4n) is 6.54. The van der Waals surface area contributed by atoms with E-state index in [9.17, 15) is 10.1 Å². The third-order valence-corrected chi connectivity index (χ3v) is 8.62. The van der Waals surface area contributed by atoms with Crippen LogP contribution >= 0.6 is 0 Å². The van der Waals surface area contributed by atoms with Crippen LogP contribution in [0.1, 0.15) is 37.7 Å². The molecule has 1 aliphatic carbocycles. The van der Waals surface area contributed by atoms with Crippen LogP contribution in [-0.4, -0.2) is 68.8 Å². The Morgan fingerprint density at radius 1 is 0.923 bits per heavy atom. The fourth-order valence-corrected chi connectivity index (χ4v) is 6.54. The highest BCUT2D eigenvalue weighted by atomic mass is 16.5. The van der Waals surface area contributed by atoms with Crippen LogP contribution in [0.3, 0.4) is 0 Å². The van der Waals surface area contributed by atoms with Crippen molar-refractivity contribution in [3.63, 3.8) is 0 Å². The predicted molar refractivity (Wildman–Crippen MR) is 155 cm³/mol. The zero-order chi connectivity index (χ0) is 27.2. The summed E-state index contributed by atoms with van der Waals surface area (Å²) in [5, 5.41) is 12.8. The quantitative estimate of drug-likeness (QED) is 0.378. The summed E-state index contributed by atoms with van der Waals surface area (Å²) in [6, 6.07) is 23.3. The van der Waals surface area contributed by atoms with Gasteiger partial charge in [0.25, 0.3) is 0 Å². The lowest BCUT2D eigenvalue weighted by atomic mass is 9.78. The van der Waals surface area contributed by atoms with Crippen LogP contribution in [0.2, 0.25) is 0 Å². The second-order valence-electron chi connectivity index (χ2n) is 10.9. The summed E-state index contributed by atoms with van der Waals surface area (Å²) in [5.41, 5.74) is 1.54. The zero-order valence-electron chi connectivity index (χ0n) is 23.2. The van der Waals surface area contributed by atoms with Gasteiger partial charge in [-0.15, -0.1) is 0 Å². The smallest absolute Gasteiger partial charge is 0.245 e. The van der Waals surface area contributed by atoms with Gasteiger partial charge in [0.2, 0.25) is 5.91 Å². The molecule has 1 aliphatic heterocycles. The number of hydrogen-bond acceptors (Lipinski definition) is 5. The van der Waals surface area contributed by atoms with Gasteiger partial charge in [-0.1, -0.05) is 73.9 Å². The third kappa shape index (κ3) is 5.52. The van der Waals surface area contributed by atoms with Gasteiger partial charge in [0, 0.05) is 51.3 Å². The Morgan fingerprint density at radius 2 is 1.64 bits per heavy atom. The fraction of sp³-hybridized carbons (Fsp3) is 0.455. The molecule has 6 heteroatoms.